The molecule has 2 aromatic rings. The number of rotatable bonds is 6. The van der Waals surface area contributed by atoms with E-state index in [1.165, 1.54) is 12.1 Å². The Morgan fingerprint density at radius 1 is 1.39 bits per heavy atom. The van der Waals surface area contributed by atoms with Crippen LogP contribution in [0.3, 0.4) is 0 Å². The summed E-state index contributed by atoms with van der Waals surface area (Å²) in [5.74, 6) is -0.145. The molecule has 23 heavy (non-hydrogen) atoms. The average molecular weight is 318 g/mol. The Balaban J connectivity index is 1.67. The molecule has 0 aliphatic heterocycles. The fourth-order valence-electron chi connectivity index (χ4n) is 2.96. The monoisotopic (exact) mass is 318 g/mol. The van der Waals surface area contributed by atoms with Crippen molar-refractivity contribution in [2.75, 3.05) is 6.54 Å². The van der Waals surface area contributed by atoms with Crippen LogP contribution in [-0.4, -0.2) is 17.6 Å². The zero-order valence-electron chi connectivity index (χ0n) is 12.9. The summed E-state index contributed by atoms with van der Waals surface area (Å²) in [5.41, 5.74) is 0.499. The maximum absolute atomic E-state index is 13.0. The van der Waals surface area contributed by atoms with Gasteiger partial charge in [-0.15, -0.1) is 0 Å². The average Bonchev–Trinajstić information content (AvgIpc) is 3.30. The first-order valence-corrected chi connectivity index (χ1v) is 7.67. The quantitative estimate of drug-likeness (QED) is 0.859. The van der Waals surface area contributed by atoms with E-state index >= 15 is 0 Å². The first-order chi connectivity index (χ1) is 11.0. The Morgan fingerprint density at radius 3 is 2.65 bits per heavy atom. The summed E-state index contributed by atoms with van der Waals surface area (Å²) in [4.78, 5) is 23.1. The summed E-state index contributed by atoms with van der Waals surface area (Å²) >= 11 is 0. The summed E-state index contributed by atoms with van der Waals surface area (Å²) in [6.07, 6.45) is 3.02. The molecule has 0 saturated heterocycles. The molecular formula is C17H19FN2O3. The predicted octanol–water partition coefficient (Wildman–Crippen LogP) is 2.50. The molecule has 0 bridgehead atoms. The van der Waals surface area contributed by atoms with Gasteiger partial charge in [-0.3, -0.25) is 9.59 Å². The van der Waals surface area contributed by atoms with Crippen molar-refractivity contribution < 1.29 is 13.7 Å². The van der Waals surface area contributed by atoms with Gasteiger partial charge in [0.1, 0.15) is 5.82 Å². The molecule has 0 radical (unpaired) electrons. The Kier molecular flexibility index (Phi) is 4.07. The molecule has 0 spiro atoms. The van der Waals surface area contributed by atoms with Gasteiger partial charge >= 0.3 is 0 Å². The van der Waals surface area contributed by atoms with Crippen LogP contribution in [0.2, 0.25) is 0 Å². The molecule has 5 nitrogen and oxygen atoms in total. The van der Waals surface area contributed by atoms with Crippen LogP contribution >= 0.6 is 0 Å². The van der Waals surface area contributed by atoms with Crippen molar-refractivity contribution in [3.05, 3.63) is 57.8 Å². The summed E-state index contributed by atoms with van der Waals surface area (Å²) < 4.78 is 17.8. The minimum absolute atomic E-state index is 0.0186. The highest BCUT2D eigenvalue weighted by Crippen LogP contribution is 2.47. The fraction of sp³-hybridized carbons (Fsp3) is 0.412. The van der Waals surface area contributed by atoms with Gasteiger partial charge in [0, 0.05) is 6.54 Å². The number of nitrogens with one attached hydrogen (secondary N) is 2. The number of aromatic amines is 1. The molecule has 1 aromatic carbocycles. The van der Waals surface area contributed by atoms with Crippen LogP contribution in [0, 0.1) is 17.2 Å². The van der Waals surface area contributed by atoms with Gasteiger partial charge < -0.3 is 9.84 Å². The van der Waals surface area contributed by atoms with Crippen molar-refractivity contribution >= 4 is 5.91 Å². The minimum atomic E-state index is -0.439. The van der Waals surface area contributed by atoms with Crippen LogP contribution in [0.15, 0.2) is 39.6 Å². The van der Waals surface area contributed by atoms with Crippen LogP contribution in [0.4, 0.5) is 4.39 Å². The van der Waals surface area contributed by atoms with Gasteiger partial charge in [-0.05, 0) is 48.3 Å². The predicted molar refractivity (Wildman–Crippen MR) is 82.6 cm³/mol. The van der Waals surface area contributed by atoms with Gasteiger partial charge in [-0.25, -0.2) is 4.39 Å². The number of H-pyrrole nitrogens is 1. The molecule has 3 rings (SSSR count). The van der Waals surface area contributed by atoms with Gasteiger partial charge in [-0.1, -0.05) is 19.1 Å². The zero-order valence-corrected chi connectivity index (χ0v) is 12.9. The number of amides is 1. The number of hydrogen-bond acceptors (Lipinski definition) is 3. The Bertz CT molecular complexity index is 746. The Labute approximate surface area is 132 Å². The van der Waals surface area contributed by atoms with Crippen molar-refractivity contribution in [1.29, 1.82) is 0 Å². The summed E-state index contributed by atoms with van der Waals surface area (Å²) in [6, 6.07) is 7.60. The smallest absolute Gasteiger partial charge is 0.289 e. The van der Waals surface area contributed by atoms with Crippen LogP contribution < -0.4 is 10.9 Å². The number of hydrogen-bond donors (Lipinski definition) is 2. The topological polar surface area (TPSA) is 75.1 Å². The van der Waals surface area contributed by atoms with Crippen LogP contribution in [0.1, 0.15) is 35.9 Å². The molecule has 1 aromatic heterocycles. The molecule has 1 unspecified atom stereocenters. The Hall–Kier alpha value is -2.37. The van der Waals surface area contributed by atoms with E-state index in [9.17, 15) is 14.0 Å². The molecule has 1 saturated carbocycles. The van der Waals surface area contributed by atoms with Crippen LogP contribution in [-0.2, 0) is 6.42 Å². The molecule has 1 amide bonds. The van der Waals surface area contributed by atoms with Gasteiger partial charge in [-0.2, -0.15) is 5.16 Å². The van der Waals surface area contributed by atoms with Gasteiger partial charge in [0.25, 0.3) is 11.5 Å². The van der Waals surface area contributed by atoms with E-state index in [0.29, 0.717) is 12.5 Å². The molecule has 1 heterocycles. The van der Waals surface area contributed by atoms with Crippen molar-refractivity contribution in [2.24, 2.45) is 11.3 Å². The number of halogens is 1. The van der Waals surface area contributed by atoms with Crippen molar-refractivity contribution in [2.45, 2.75) is 26.2 Å². The highest BCUT2D eigenvalue weighted by molar-refractivity contribution is 5.91. The van der Waals surface area contributed by atoms with Crippen molar-refractivity contribution in [3.8, 4) is 0 Å². The summed E-state index contributed by atoms with van der Waals surface area (Å²) in [6.45, 7) is 2.60. The second kappa shape index (κ2) is 6.02. The van der Waals surface area contributed by atoms with Crippen molar-refractivity contribution in [1.82, 2.24) is 10.5 Å². The van der Waals surface area contributed by atoms with E-state index in [1.807, 2.05) is 0 Å². The summed E-state index contributed by atoms with van der Waals surface area (Å²) in [7, 11) is 0. The lowest BCUT2D eigenvalue weighted by Gasteiger charge is -2.30. The van der Waals surface area contributed by atoms with Crippen LogP contribution in [0.25, 0.3) is 0 Å². The number of carbonyl (C=O) groups is 1. The van der Waals surface area contributed by atoms with E-state index < -0.39 is 11.5 Å². The first-order valence-electron chi connectivity index (χ1n) is 7.67. The number of aromatic nitrogens is 1. The van der Waals surface area contributed by atoms with Gasteiger partial charge in [0.05, 0.1) is 6.07 Å². The SMILES string of the molecule is CC(CNC(=O)c1cc(=O)[nH]o1)(Cc1ccc(F)cc1)C1CC1. The highest BCUT2D eigenvalue weighted by Gasteiger charge is 2.41. The lowest BCUT2D eigenvalue weighted by atomic mass is 9.79. The van der Waals surface area contributed by atoms with Crippen LogP contribution in [0.5, 0.6) is 0 Å². The largest absolute Gasteiger partial charge is 0.373 e. The molecule has 6 heteroatoms. The second-order valence-corrected chi connectivity index (χ2v) is 6.49. The molecule has 1 aliphatic carbocycles. The third-order valence-electron chi connectivity index (χ3n) is 4.48. The van der Waals surface area contributed by atoms with E-state index in [0.717, 1.165) is 30.9 Å². The second-order valence-electron chi connectivity index (χ2n) is 6.49. The standard InChI is InChI=1S/C17H19FN2O3/c1-17(12-4-5-12,9-11-2-6-13(18)7-3-11)10-19-16(22)14-8-15(21)20-23-14/h2-3,6-8,12H,4-5,9-10H2,1H3,(H,19,22)(H,20,21). The molecular weight excluding hydrogens is 299 g/mol. The lowest BCUT2D eigenvalue weighted by Crippen LogP contribution is -2.38. The molecule has 2 N–H and O–H groups in total. The van der Waals surface area contributed by atoms with Gasteiger partial charge in [0.2, 0.25) is 5.76 Å². The molecule has 1 aliphatic rings. The zero-order chi connectivity index (χ0) is 16.4. The number of carbonyl (C=O) groups excluding carboxylic acids is 1. The van der Waals surface area contributed by atoms with E-state index in [1.54, 1.807) is 12.1 Å². The third-order valence-corrected chi connectivity index (χ3v) is 4.48. The van der Waals surface area contributed by atoms with E-state index in [-0.39, 0.29) is 17.0 Å². The fourth-order valence-corrected chi connectivity index (χ4v) is 2.96. The molecule has 1 atom stereocenters. The van der Waals surface area contributed by atoms with E-state index in [4.69, 9.17) is 4.52 Å². The Morgan fingerprint density at radius 2 is 2.09 bits per heavy atom. The minimum Gasteiger partial charge on any atom is -0.373 e. The molecule has 122 valence electrons. The third kappa shape index (κ3) is 3.70. The first kappa shape index (κ1) is 15.5. The maximum Gasteiger partial charge on any atom is 0.289 e. The molecule has 1 fully saturated rings. The normalized spacial score (nSPS) is 16.8. The van der Waals surface area contributed by atoms with Crippen molar-refractivity contribution in [3.63, 3.8) is 0 Å². The lowest BCUT2D eigenvalue weighted by molar-refractivity contribution is 0.0889. The van der Waals surface area contributed by atoms with Gasteiger partial charge in [0.15, 0.2) is 0 Å². The number of benzene rings is 1. The highest BCUT2D eigenvalue weighted by atomic mass is 19.1. The summed E-state index contributed by atoms with van der Waals surface area (Å²) in [5, 5.41) is 4.94. The van der Waals surface area contributed by atoms with E-state index in [2.05, 4.69) is 17.4 Å². The maximum atomic E-state index is 13.0.